The van der Waals surface area contributed by atoms with Crippen LogP contribution in [0.15, 0.2) is 60.0 Å². The maximum atomic E-state index is 14.0. The summed E-state index contributed by atoms with van der Waals surface area (Å²) in [6.07, 6.45) is 4.50. The number of hydrogen-bond donors (Lipinski definition) is 1. The first-order valence-electron chi connectivity index (χ1n) is 15.6. The first-order valence-corrected chi connectivity index (χ1v) is 16.5. The molecule has 0 radical (unpaired) electrons. The summed E-state index contributed by atoms with van der Waals surface area (Å²) >= 11 is 1.65. The van der Waals surface area contributed by atoms with Crippen molar-refractivity contribution in [2.24, 2.45) is 0 Å². The van der Waals surface area contributed by atoms with Gasteiger partial charge in [-0.1, -0.05) is 49.6 Å². The van der Waals surface area contributed by atoms with Crippen LogP contribution in [0.25, 0.3) is 11.3 Å². The molecule has 2 aromatic carbocycles. The van der Waals surface area contributed by atoms with E-state index in [1.165, 1.54) is 4.90 Å². The highest BCUT2D eigenvalue weighted by Gasteiger charge is 2.44. The van der Waals surface area contributed by atoms with Crippen LogP contribution in [0.4, 0.5) is 10.8 Å². The molecule has 11 heteroatoms. The summed E-state index contributed by atoms with van der Waals surface area (Å²) in [4.78, 5) is 47.8. The predicted molar refractivity (Wildman–Crippen MR) is 172 cm³/mol. The summed E-state index contributed by atoms with van der Waals surface area (Å²) in [5, 5.41) is 11.0. The molecule has 1 aliphatic carbocycles. The first-order chi connectivity index (χ1) is 21.6. The van der Waals surface area contributed by atoms with Crippen molar-refractivity contribution in [1.82, 2.24) is 20.3 Å². The van der Waals surface area contributed by atoms with E-state index >= 15 is 0 Å². The zero-order chi connectivity index (χ0) is 30.4. The Hall–Kier alpha value is -3.64. The molecule has 0 unspecified atom stereocenters. The van der Waals surface area contributed by atoms with Crippen molar-refractivity contribution >= 4 is 40.3 Å². The lowest BCUT2D eigenvalue weighted by Crippen LogP contribution is -2.61. The minimum Gasteiger partial charge on any atom is -0.379 e. The van der Waals surface area contributed by atoms with E-state index in [1.54, 1.807) is 23.5 Å². The average molecular weight is 617 g/mol. The largest absolute Gasteiger partial charge is 0.379 e. The summed E-state index contributed by atoms with van der Waals surface area (Å²) < 4.78 is 5.49. The molecule has 0 spiro atoms. The van der Waals surface area contributed by atoms with Crippen molar-refractivity contribution < 1.29 is 19.1 Å². The molecule has 1 N–H and O–H groups in total. The molecular formula is C33H40N6O4S. The van der Waals surface area contributed by atoms with Gasteiger partial charge in [0.15, 0.2) is 5.13 Å². The second kappa shape index (κ2) is 14.0. The number of hydrogen-bond acceptors (Lipinski definition) is 9. The molecule has 3 heterocycles. The summed E-state index contributed by atoms with van der Waals surface area (Å²) in [5.41, 5.74) is 1.92. The zero-order valence-corrected chi connectivity index (χ0v) is 25.8. The van der Waals surface area contributed by atoms with Crippen LogP contribution < -0.4 is 15.1 Å². The van der Waals surface area contributed by atoms with Crippen molar-refractivity contribution in [2.45, 2.75) is 37.6 Å². The molecule has 0 bridgehead atoms. The molecule has 3 fully saturated rings. The van der Waals surface area contributed by atoms with Gasteiger partial charge < -0.3 is 24.6 Å². The number of hydrazine groups is 1. The fraction of sp³-hybridized carbons (Fsp3) is 0.455. The molecule has 6 rings (SSSR count). The molecular weight excluding hydrogens is 576 g/mol. The van der Waals surface area contributed by atoms with E-state index < -0.39 is 5.54 Å². The maximum Gasteiger partial charge on any atom is 0.253 e. The molecule has 0 atom stereocenters. The minimum atomic E-state index is -1.05. The van der Waals surface area contributed by atoms with Gasteiger partial charge in [-0.05, 0) is 37.1 Å². The number of morpholine rings is 1. The van der Waals surface area contributed by atoms with Gasteiger partial charge in [-0.15, -0.1) is 11.3 Å². The van der Waals surface area contributed by atoms with Gasteiger partial charge in [0.2, 0.25) is 0 Å². The number of nitrogens with one attached hydrogen (secondary N) is 1. The van der Waals surface area contributed by atoms with Crippen molar-refractivity contribution in [3.8, 4) is 11.3 Å². The second-order valence-corrected chi connectivity index (χ2v) is 12.5. The van der Waals surface area contributed by atoms with E-state index in [0.717, 1.165) is 94.4 Å². The van der Waals surface area contributed by atoms with E-state index in [9.17, 15) is 14.4 Å². The van der Waals surface area contributed by atoms with Gasteiger partial charge in [0.25, 0.3) is 11.8 Å². The summed E-state index contributed by atoms with van der Waals surface area (Å²) in [5.74, 6) is -0.524. The Morgan fingerprint density at radius 1 is 0.909 bits per heavy atom. The van der Waals surface area contributed by atoms with Gasteiger partial charge in [0.1, 0.15) is 11.8 Å². The lowest BCUT2D eigenvalue weighted by molar-refractivity contribution is -0.126. The minimum absolute atomic E-state index is 0.0612. The Balaban J connectivity index is 1.11. The molecule has 10 nitrogen and oxygen atoms in total. The van der Waals surface area contributed by atoms with E-state index in [2.05, 4.69) is 25.6 Å². The fourth-order valence-electron chi connectivity index (χ4n) is 6.42. The Morgan fingerprint density at radius 3 is 2.27 bits per heavy atom. The maximum absolute atomic E-state index is 14.0. The third kappa shape index (κ3) is 6.71. The van der Waals surface area contributed by atoms with Crippen LogP contribution in [-0.4, -0.2) is 97.7 Å². The summed E-state index contributed by atoms with van der Waals surface area (Å²) in [6.45, 7) is 7.25. The highest BCUT2D eigenvalue weighted by molar-refractivity contribution is 7.14. The number of para-hydroxylation sites is 1. The van der Waals surface area contributed by atoms with Crippen LogP contribution in [0, 0.1) is 0 Å². The highest BCUT2D eigenvalue weighted by Crippen LogP contribution is 2.33. The van der Waals surface area contributed by atoms with Crippen LogP contribution in [-0.2, 0) is 14.3 Å². The predicted octanol–water partition coefficient (Wildman–Crippen LogP) is 3.84. The van der Waals surface area contributed by atoms with Gasteiger partial charge in [0.05, 0.1) is 25.5 Å². The SMILES string of the molecule is O=CCN(C(=O)C1(NC(=O)c2ccc(-c3csc(N4CCN(N5CCOCC5)CC4)n3)cc2)CCCCC1)c1ccccc1. The highest BCUT2D eigenvalue weighted by atomic mass is 32.1. The number of carbonyl (C=O) groups is 3. The Morgan fingerprint density at radius 2 is 1.59 bits per heavy atom. The molecule has 44 heavy (non-hydrogen) atoms. The number of nitrogens with zero attached hydrogens (tertiary/aromatic N) is 5. The summed E-state index contributed by atoms with van der Waals surface area (Å²) in [7, 11) is 0. The number of aldehydes is 1. The number of aromatic nitrogens is 1. The number of amides is 2. The number of thiazole rings is 1. The van der Waals surface area contributed by atoms with Crippen molar-refractivity contribution in [3.05, 3.63) is 65.5 Å². The van der Waals surface area contributed by atoms with Gasteiger partial charge in [-0.2, -0.15) is 0 Å². The van der Waals surface area contributed by atoms with Gasteiger partial charge in [-0.25, -0.2) is 15.0 Å². The number of rotatable bonds is 9. The normalized spacial score (nSPS) is 19.3. The zero-order valence-electron chi connectivity index (χ0n) is 25.0. The standard InChI is InChI=1S/C33H40N6O4S/c40-22-19-39(28-7-3-1-4-8-28)31(42)33(13-5-2-6-14-33)35-30(41)27-11-9-26(10-12-27)29-25-44-32(34-29)36-15-17-37(18-16-36)38-20-23-43-24-21-38/h1,3-4,7-12,22,25H,2,5-6,13-21,23-24H2,(H,35,41). The molecule has 1 saturated carbocycles. The summed E-state index contributed by atoms with van der Waals surface area (Å²) in [6, 6.07) is 16.6. The lowest BCUT2D eigenvalue weighted by Gasteiger charge is -2.42. The van der Waals surface area contributed by atoms with Crippen LogP contribution in [0.2, 0.25) is 0 Å². The average Bonchev–Trinajstić information content (AvgIpc) is 3.59. The topological polar surface area (TPSA) is 98.3 Å². The van der Waals surface area contributed by atoms with Crippen LogP contribution in [0.5, 0.6) is 0 Å². The van der Waals surface area contributed by atoms with Crippen molar-refractivity contribution in [2.75, 3.05) is 68.8 Å². The molecule has 1 aromatic heterocycles. The van der Waals surface area contributed by atoms with Crippen LogP contribution >= 0.6 is 11.3 Å². The first kappa shape index (κ1) is 30.4. The molecule has 232 valence electrons. The smallest absolute Gasteiger partial charge is 0.253 e. The van der Waals surface area contributed by atoms with E-state index in [-0.39, 0.29) is 18.4 Å². The van der Waals surface area contributed by atoms with E-state index in [0.29, 0.717) is 24.1 Å². The number of anilines is 2. The number of carbonyl (C=O) groups excluding carboxylic acids is 3. The second-order valence-electron chi connectivity index (χ2n) is 11.6. The quantitative estimate of drug-likeness (QED) is 0.363. The Bertz CT molecular complexity index is 1410. The van der Waals surface area contributed by atoms with Crippen molar-refractivity contribution in [1.29, 1.82) is 0 Å². The lowest BCUT2D eigenvalue weighted by atomic mass is 9.80. The van der Waals surface area contributed by atoms with Crippen LogP contribution in [0.3, 0.4) is 0 Å². The number of benzene rings is 2. The molecule has 2 saturated heterocycles. The van der Waals surface area contributed by atoms with Gasteiger partial charge >= 0.3 is 0 Å². The molecule has 3 aromatic rings. The number of piperazine rings is 1. The van der Waals surface area contributed by atoms with Crippen molar-refractivity contribution in [3.63, 3.8) is 0 Å². The Kier molecular flexibility index (Phi) is 9.66. The van der Waals surface area contributed by atoms with Gasteiger partial charge in [0, 0.05) is 61.5 Å². The van der Waals surface area contributed by atoms with Gasteiger partial charge in [-0.3, -0.25) is 9.59 Å². The molecule has 2 amide bonds. The van der Waals surface area contributed by atoms with E-state index in [1.807, 2.05) is 42.5 Å². The monoisotopic (exact) mass is 616 g/mol. The third-order valence-electron chi connectivity index (χ3n) is 8.89. The third-order valence-corrected chi connectivity index (χ3v) is 9.79. The van der Waals surface area contributed by atoms with E-state index in [4.69, 9.17) is 9.72 Å². The number of ether oxygens (including phenoxy) is 1. The fourth-order valence-corrected chi connectivity index (χ4v) is 7.31. The molecule has 3 aliphatic rings. The van der Waals surface area contributed by atoms with Crippen LogP contribution in [0.1, 0.15) is 42.5 Å². The molecule has 2 aliphatic heterocycles. The Labute approximate surface area is 262 Å².